The summed E-state index contributed by atoms with van der Waals surface area (Å²) in [5, 5.41) is 17.3. The Labute approximate surface area is 216 Å². The molecule has 9 nitrogen and oxygen atoms in total. The van der Waals surface area contributed by atoms with Gasteiger partial charge < -0.3 is 24.8 Å². The summed E-state index contributed by atoms with van der Waals surface area (Å²) in [7, 11) is 1.00. The Morgan fingerprint density at radius 1 is 1.18 bits per heavy atom. The van der Waals surface area contributed by atoms with Crippen molar-refractivity contribution in [1.29, 1.82) is 0 Å². The molecule has 3 aromatic rings. The number of fused-ring (bicyclic) bond motifs is 1. The first-order chi connectivity index (χ1) is 18.0. The number of hydrogen-bond acceptors (Lipinski definition) is 5. The maximum absolute atomic E-state index is 14.1. The van der Waals surface area contributed by atoms with Crippen LogP contribution in [0.5, 0.6) is 0 Å². The van der Waals surface area contributed by atoms with Crippen molar-refractivity contribution < 1.29 is 27.5 Å². The molecule has 1 spiro atoms. The molecule has 0 aromatic carbocycles. The van der Waals surface area contributed by atoms with E-state index in [4.69, 9.17) is 5.11 Å². The lowest BCUT2D eigenvalue weighted by Crippen LogP contribution is -2.57. The van der Waals surface area contributed by atoms with Crippen molar-refractivity contribution in [2.45, 2.75) is 63.0 Å². The maximum Gasteiger partial charge on any atom is 0.406 e. The predicted octanol–water partition coefficient (Wildman–Crippen LogP) is 4.70. The van der Waals surface area contributed by atoms with Crippen LogP contribution in [-0.4, -0.2) is 79.9 Å². The van der Waals surface area contributed by atoms with Gasteiger partial charge in [-0.1, -0.05) is 0 Å². The number of nitrogens with one attached hydrogen (secondary N) is 2. The van der Waals surface area contributed by atoms with Gasteiger partial charge in [0.25, 0.3) is 0 Å². The number of rotatable bonds is 4. The molecule has 5 heterocycles. The van der Waals surface area contributed by atoms with Crippen molar-refractivity contribution in [2.75, 3.05) is 37.0 Å². The number of alkyl halides is 4. The number of piperidine rings is 1. The number of H-pyrrole nitrogens is 1. The number of carbonyl (C=O) groups excluding carboxylic acids is 1. The number of amides is 2. The summed E-state index contributed by atoms with van der Waals surface area (Å²) in [5.74, 6) is 0. The number of aromatic amines is 1. The highest BCUT2D eigenvalue weighted by molar-refractivity contribution is 5.97. The molecule has 2 amide bonds. The summed E-state index contributed by atoms with van der Waals surface area (Å²) >= 11 is 0. The molecule has 6 rings (SSSR count). The average molecular weight is 538 g/mol. The second-order valence-electron chi connectivity index (χ2n) is 10.5. The number of aliphatic hydroxyl groups is 1. The summed E-state index contributed by atoms with van der Waals surface area (Å²) in [6, 6.07) is 1.34. The zero-order chi connectivity index (χ0) is 27.3. The number of pyridine rings is 1. The van der Waals surface area contributed by atoms with Crippen LogP contribution in [0.1, 0.15) is 39.0 Å². The van der Waals surface area contributed by atoms with Crippen LogP contribution >= 0.6 is 0 Å². The number of halogens is 4. The van der Waals surface area contributed by atoms with E-state index in [0.29, 0.717) is 40.2 Å². The minimum atomic E-state index is -4.43. The van der Waals surface area contributed by atoms with Gasteiger partial charge in [0.15, 0.2) is 0 Å². The van der Waals surface area contributed by atoms with Crippen molar-refractivity contribution in [3.05, 3.63) is 24.7 Å². The van der Waals surface area contributed by atoms with Crippen LogP contribution in [0.3, 0.4) is 0 Å². The molecule has 0 unspecified atom stereocenters. The number of nitrogens with zero attached hydrogens (tertiary/aromatic N) is 5. The summed E-state index contributed by atoms with van der Waals surface area (Å²) < 4.78 is 55.3. The number of carbonyl (C=O) groups is 1. The summed E-state index contributed by atoms with van der Waals surface area (Å²) in [6.07, 6.45) is 5.05. The normalized spacial score (nSPS) is 19.7. The van der Waals surface area contributed by atoms with Crippen LogP contribution in [0.4, 0.5) is 33.7 Å². The number of aliphatic hydroxyl groups excluding tert-OH is 1. The average Bonchev–Trinajstić information content (AvgIpc) is 3.30. The van der Waals surface area contributed by atoms with E-state index >= 15 is 0 Å². The SMILES string of the molecule is CC1(F)CN(c2cn(CC(F)(F)F)c3cc(-c4[nH]ncc4NC(=O)N4CCCCC45CC5)ncc23)C1.CO. The Hall–Kier alpha value is -3.35. The van der Waals surface area contributed by atoms with Crippen LogP contribution in [0.25, 0.3) is 22.3 Å². The Morgan fingerprint density at radius 2 is 1.92 bits per heavy atom. The van der Waals surface area contributed by atoms with Crippen LogP contribution in [0, 0.1) is 0 Å². The smallest absolute Gasteiger partial charge is 0.400 e. The van der Waals surface area contributed by atoms with E-state index in [2.05, 4.69) is 20.5 Å². The molecule has 3 N–H and O–H groups in total. The van der Waals surface area contributed by atoms with E-state index in [9.17, 15) is 22.4 Å². The molecular formula is C25H31F4N7O2. The van der Waals surface area contributed by atoms with Crippen molar-refractivity contribution in [3.8, 4) is 11.4 Å². The van der Waals surface area contributed by atoms with Crippen molar-refractivity contribution in [2.24, 2.45) is 0 Å². The molecule has 0 atom stereocenters. The fraction of sp³-hybridized carbons (Fsp3) is 0.560. The molecule has 1 aliphatic carbocycles. The van der Waals surface area contributed by atoms with Gasteiger partial charge in [-0.3, -0.25) is 10.1 Å². The van der Waals surface area contributed by atoms with E-state index in [1.807, 2.05) is 4.90 Å². The highest BCUT2D eigenvalue weighted by atomic mass is 19.4. The van der Waals surface area contributed by atoms with E-state index in [0.717, 1.165) is 43.8 Å². The van der Waals surface area contributed by atoms with E-state index in [-0.39, 0.29) is 24.7 Å². The quantitative estimate of drug-likeness (QED) is 0.419. The Balaban J connectivity index is 0.00000144. The van der Waals surface area contributed by atoms with E-state index in [1.165, 1.54) is 25.5 Å². The second-order valence-corrected chi connectivity index (χ2v) is 10.5. The van der Waals surface area contributed by atoms with Crippen LogP contribution in [-0.2, 0) is 6.54 Å². The van der Waals surface area contributed by atoms with Gasteiger partial charge in [0, 0.05) is 37.0 Å². The van der Waals surface area contributed by atoms with Crippen molar-refractivity contribution >= 4 is 28.3 Å². The molecule has 38 heavy (non-hydrogen) atoms. The fourth-order valence-corrected chi connectivity index (χ4v) is 5.64. The van der Waals surface area contributed by atoms with Crippen LogP contribution < -0.4 is 10.2 Å². The molecule has 206 valence electrons. The zero-order valence-corrected chi connectivity index (χ0v) is 21.3. The van der Waals surface area contributed by atoms with E-state index in [1.54, 1.807) is 11.0 Å². The highest BCUT2D eigenvalue weighted by Gasteiger charge is 2.51. The predicted molar refractivity (Wildman–Crippen MR) is 135 cm³/mol. The lowest BCUT2D eigenvalue weighted by atomic mass is 9.98. The maximum atomic E-state index is 14.1. The summed E-state index contributed by atoms with van der Waals surface area (Å²) in [6.45, 7) is 1.20. The zero-order valence-electron chi connectivity index (χ0n) is 21.3. The molecule has 2 aliphatic heterocycles. The minimum Gasteiger partial charge on any atom is -0.400 e. The van der Waals surface area contributed by atoms with Gasteiger partial charge in [0.1, 0.15) is 17.9 Å². The number of likely N-dealkylation sites (tertiary alicyclic amines) is 1. The minimum absolute atomic E-state index is 0.0369. The lowest BCUT2D eigenvalue weighted by molar-refractivity contribution is -0.139. The van der Waals surface area contributed by atoms with Crippen LogP contribution in [0.2, 0.25) is 0 Å². The third-order valence-electron chi connectivity index (χ3n) is 7.53. The molecule has 0 radical (unpaired) electrons. The molecule has 0 bridgehead atoms. The van der Waals surface area contributed by atoms with E-state index < -0.39 is 18.4 Å². The Kier molecular flexibility index (Phi) is 6.52. The van der Waals surface area contributed by atoms with Gasteiger partial charge in [-0.25, -0.2) is 9.18 Å². The standard InChI is InChI=1S/C24H27F4N7O.CH4O/c1-22(25)12-34(13-22)19-11-33(14-24(26,27)28)18-8-16(29-9-15(18)19)20-17(10-30-32-20)31-21(36)35-7-3-2-4-23(35)5-6-23;1-2/h8-11H,2-7,12-14H2,1H3,(H,30,32)(H,31,36);2H,1H3. The lowest BCUT2D eigenvalue weighted by Gasteiger charge is -2.43. The first-order valence-corrected chi connectivity index (χ1v) is 12.6. The second kappa shape index (κ2) is 9.44. The van der Waals surface area contributed by atoms with Gasteiger partial charge in [0.2, 0.25) is 0 Å². The number of aromatic nitrogens is 4. The molecule has 2 saturated heterocycles. The first kappa shape index (κ1) is 26.3. The van der Waals surface area contributed by atoms with Crippen molar-refractivity contribution in [1.82, 2.24) is 24.6 Å². The van der Waals surface area contributed by atoms with Gasteiger partial charge in [-0.15, -0.1) is 0 Å². The number of anilines is 2. The third kappa shape index (κ3) is 4.91. The largest absolute Gasteiger partial charge is 0.406 e. The fourth-order valence-electron chi connectivity index (χ4n) is 5.64. The number of hydrogen-bond donors (Lipinski definition) is 3. The third-order valence-corrected chi connectivity index (χ3v) is 7.53. The van der Waals surface area contributed by atoms with Crippen molar-refractivity contribution in [3.63, 3.8) is 0 Å². The molecule has 3 aromatic heterocycles. The molecule has 3 fully saturated rings. The Morgan fingerprint density at radius 3 is 2.58 bits per heavy atom. The Bertz CT molecular complexity index is 1320. The topological polar surface area (TPSA) is 102 Å². The molecule has 3 aliphatic rings. The van der Waals surface area contributed by atoms with Crippen LogP contribution in [0.15, 0.2) is 24.7 Å². The van der Waals surface area contributed by atoms with Gasteiger partial charge >= 0.3 is 12.2 Å². The van der Waals surface area contributed by atoms with Gasteiger partial charge in [0.05, 0.1) is 41.9 Å². The first-order valence-electron chi connectivity index (χ1n) is 12.6. The van der Waals surface area contributed by atoms with Gasteiger partial charge in [-0.2, -0.15) is 18.3 Å². The van der Waals surface area contributed by atoms with Gasteiger partial charge in [-0.05, 0) is 45.1 Å². The number of urea groups is 1. The monoisotopic (exact) mass is 537 g/mol. The molecule has 13 heteroatoms. The summed E-state index contributed by atoms with van der Waals surface area (Å²) in [4.78, 5) is 21.2. The molecular weight excluding hydrogens is 506 g/mol. The summed E-state index contributed by atoms with van der Waals surface area (Å²) in [5.41, 5.74) is 0.600. The highest BCUT2D eigenvalue weighted by Crippen LogP contribution is 2.48. The molecule has 1 saturated carbocycles.